The van der Waals surface area contributed by atoms with E-state index in [1.807, 2.05) is 60.7 Å². The Labute approximate surface area is 304 Å². The summed E-state index contributed by atoms with van der Waals surface area (Å²) in [6.07, 6.45) is 0. The van der Waals surface area contributed by atoms with Gasteiger partial charge in [-0.1, -0.05) is 140 Å². The molecule has 7 aromatic carbocycles. The summed E-state index contributed by atoms with van der Waals surface area (Å²) in [6, 6.07) is 61.0. The Morgan fingerprint density at radius 2 is 0.904 bits per heavy atom. The SMILES string of the molecule is c1ccc(-c2nc(-c3ccccc3)nc(-c3ccc(-c4ccc(-n5c6ccccc6c6c(-c7nc8ccccc8s7)cccc65)cc4)cc3)n2)cc1. The second kappa shape index (κ2) is 12.5. The normalized spacial score (nSPS) is 11.5. The Kier molecular flexibility index (Phi) is 7.25. The van der Waals surface area contributed by atoms with Crippen LogP contribution in [0, 0.1) is 0 Å². The highest BCUT2D eigenvalue weighted by molar-refractivity contribution is 7.21. The number of rotatable bonds is 6. The Morgan fingerprint density at radius 3 is 1.56 bits per heavy atom. The molecule has 52 heavy (non-hydrogen) atoms. The molecule has 0 radical (unpaired) electrons. The number of para-hydroxylation sites is 2. The van der Waals surface area contributed by atoms with Gasteiger partial charge in [0.1, 0.15) is 5.01 Å². The van der Waals surface area contributed by atoms with E-state index in [2.05, 4.69) is 120 Å². The number of hydrogen-bond acceptors (Lipinski definition) is 5. The zero-order chi connectivity index (χ0) is 34.4. The Balaban J connectivity index is 1.01. The average molecular weight is 684 g/mol. The number of fused-ring (bicyclic) bond motifs is 4. The monoisotopic (exact) mass is 683 g/mol. The molecule has 5 nitrogen and oxygen atoms in total. The van der Waals surface area contributed by atoms with E-state index < -0.39 is 0 Å². The van der Waals surface area contributed by atoms with Gasteiger partial charge in [-0.3, -0.25) is 0 Å². The van der Waals surface area contributed by atoms with E-state index in [4.69, 9.17) is 19.9 Å². The first-order chi connectivity index (χ1) is 25.8. The fraction of sp³-hybridized carbons (Fsp3) is 0. The maximum atomic E-state index is 5.03. The Bertz CT molecular complexity index is 2790. The van der Waals surface area contributed by atoms with Gasteiger partial charge >= 0.3 is 0 Å². The molecule has 0 saturated heterocycles. The third-order valence-corrected chi connectivity index (χ3v) is 10.6. The van der Waals surface area contributed by atoms with E-state index >= 15 is 0 Å². The summed E-state index contributed by atoms with van der Waals surface area (Å²) in [5.74, 6) is 1.95. The number of aromatic nitrogens is 5. The van der Waals surface area contributed by atoms with Gasteiger partial charge in [0.05, 0.1) is 21.3 Å². The molecule has 10 rings (SSSR count). The summed E-state index contributed by atoms with van der Waals surface area (Å²) in [6.45, 7) is 0. The van der Waals surface area contributed by atoms with Crippen molar-refractivity contribution in [3.63, 3.8) is 0 Å². The number of hydrogen-bond donors (Lipinski definition) is 0. The van der Waals surface area contributed by atoms with Crippen LogP contribution in [0.4, 0.5) is 0 Å². The molecule has 0 aliphatic rings. The number of benzene rings is 7. The van der Waals surface area contributed by atoms with Crippen LogP contribution in [0.25, 0.3) is 93.6 Å². The Hall–Kier alpha value is -6.76. The molecular weight excluding hydrogens is 655 g/mol. The summed E-state index contributed by atoms with van der Waals surface area (Å²) in [5, 5.41) is 3.48. The van der Waals surface area contributed by atoms with Gasteiger partial charge in [-0.15, -0.1) is 11.3 Å². The molecule has 0 aliphatic carbocycles. The minimum absolute atomic E-state index is 0.645. The van der Waals surface area contributed by atoms with E-state index in [-0.39, 0.29) is 0 Å². The van der Waals surface area contributed by atoms with Crippen molar-refractivity contribution >= 4 is 43.4 Å². The summed E-state index contributed by atoms with van der Waals surface area (Å²) in [5.41, 5.74) is 10.7. The van der Waals surface area contributed by atoms with Crippen LogP contribution in [0.1, 0.15) is 0 Å². The lowest BCUT2D eigenvalue weighted by atomic mass is 10.0. The molecule has 10 aromatic rings. The lowest BCUT2D eigenvalue weighted by Gasteiger charge is -2.11. The molecule has 0 amide bonds. The van der Waals surface area contributed by atoms with Gasteiger partial charge in [-0.2, -0.15) is 0 Å². The van der Waals surface area contributed by atoms with Gasteiger partial charge in [-0.05, 0) is 47.5 Å². The highest BCUT2D eigenvalue weighted by Gasteiger charge is 2.18. The molecule has 3 heterocycles. The largest absolute Gasteiger partial charge is 0.309 e. The standard InChI is InChI=1S/C46H29N5S/c1-3-12-32(13-4-1)43-48-44(33-14-5-2-6-15-33)50-45(49-43)34-24-22-30(23-25-34)31-26-28-35(29-27-31)51-39-19-9-7-16-36(39)42-37(17-11-20-40(42)51)46-47-38-18-8-10-21-41(38)52-46/h1-29H. The number of nitrogens with zero attached hydrogens (tertiary/aromatic N) is 5. The third-order valence-electron chi connectivity index (χ3n) is 9.52. The molecule has 0 unspecified atom stereocenters. The first-order valence-electron chi connectivity index (χ1n) is 17.2. The molecule has 244 valence electrons. The summed E-state index contributed by atoms with van der Waals surface area (Å²) in [4.78, 5) is 19.7. The van der Waals surface area contributed by atoms with Gasteiger partial charge in [-0.25, -0.2) is 19.9 Å². The number of thiazole rings is 1. The lowest BCUT2D eigenvalue weighted by molar-refractivity contribution is 1.07. The fourth-order valence-corrected chi connectivity index (χ4v) is 8.01. The molecule has 0 aliphatic heterocycles. The topological polar surface area (TPSA) is 56.5 Å². The van der Waals surface area contributed by atoms with Crippen molar-refractivity contribution in [3.05, 3.63) is 176 Å². The van der Waals surface area contributed by atoms with Crippen LogP contribution in [0.15, 0.2) is 176 Å². The van der Waals surface area contributed by atoms with Crippen molar-refractivity contribution in [2.75, 3.05) is 0 Å². The second-order valence-corrected chi connectivity index (χ2v) is 13.7. The highest BCUT2D eigenvalue weighted by atomic mass is 32.1. The van der Waals surface area contributed by atoms with Crippen LogP contribution in [-0.2, 0) is 0 Å². The molecule has 0 atom stereocenters. The minimum Gasteiger partial charge on any atom is -0.309 e. The lowest BCUT2D eigenvalue weighted by Crippen LogP contribution is -2.00. The van der Waals surface area contributed by atoms with Crippen LogP contribution >= 0.6 is 11.3 Å². The first kappa shape index (κ1) is 30.1. The molecule has 6 heteroatoms. The van der Waals surface area contributed by atoms with E-state index in [1.54, 1.807) is 11.3 Å². The summed E-state index contributed by atoms with van der Waals surface area (Å²) < 4.78 is 3.56. The molecular formula is C46H29N5S. The van der Waals surface area contributed by atoms with Gasteiger partial charge in [0.25, 0.3) is 0 Å². The van der Waals surface area contributed by atoms with Crippen LogP contribution in [0.5, 0.6) is 0 Å². The van der Waals surface area contributed by atoms with E-state index in [9.17, 15) is 0 Å². The first-order valence-corrected chi connectivity index (χ1v) is 18.0. The molecule has 0 spiro atoms. The molecule has 0 N–H and O–H groups in total. The minimum atomic E-state index is 0.645. The van der Waals surface area contributed by atoms with Crippen molar-refractivity contribution in [1.29, 1.82) is 0 Å². The highest BCUT2D eigenvalue weighted by Crippen LogP contribution is 2.41. The zero-order valence-corrected chi connectivity index (χ0v) is 28.7. The maximum absolute atomic E-state index is 5.03. The molecule has 0 saturated carbocycles. The molecule has 0 fully saturated rings. The molecule has 3 aromatic heterocycles. The molecule has 0 bridgehead atoms. The van der Waals surface area contributed by atoms with Crippen LogP contribution in [0.3, 0.4) is 0 Å². The predicted molar refractivity (Wildman–Crippen MR) is 215 cm³/mol. The summed E-state index contributed by atoms with van der Waals surface area (Å²) >= 11 is 1.75. The van der Waals surface area contributed by atoms with Crippen LogP contribution in [0.2, 0.25) is 0 Å². The summed E-state index contributed by atoms with van der Waals surface area (Å²) in [7, 11) is 0. The quantitative estimate of drug-likeness (QED) is 0.175. The van der Waals surface area contributed by atoms with Gasteiger partial charge in [0, 0.05) is 38.7 Å². The second-order valence-electron chi connectivity index (χ2n) is 12.7. The predicted octanol–water partition coefficient (Wildman–Crippen LogP) is 11.9. The average Bonchev–Trinajstić information content (AvgIpc) is 3.81. The third kappa shape index (κ3) is 5.25. The zero-order valence-electron chi connectivity index (χ0n) is 27.9. The smallest absolute Gasteiger partial charge is 0.164 e. The van der Waals surface area contributed by atoms with E-state index in [1.165, 1.54) is 21.0 Å². The van der Waals surface area contributed by atoms with Crippen molar-refractivity contribution in [2.45, 2.75) is 0 Å². The van der Waals surface area contributed by atoms with Crippen molar-refractivity contribution in [2.24, 2.45) is 0 Å². The van der Waals surface area contributed by atoms with Crippen molar-refractivity contribution in [3.8, 4) is 61.5 Å². The van der Waals surface area contributed by atoms with Crippen molar-refractivity contribution < 1.29 is 0 Å². The van der Waals surface area contributed by atoms with Gasteiger partial charge in [0.15, 0.2) is 17.5 Å². The van der Waals surface area contributed by atoms with E-state index in [0.29, 0.717) is 17.5 Å². The fourth-order valence-electron chi connectivity index (χ4n) is 7.02. The Morgan fingerprint density at radius 1 is 0.385 bits per heavy atom. The maximum Gasteiger partial charge on any atom is 0.164 e. The van der Waals surface area contributed by atoms with Crippen LogP contribution in [-0.4, -0.2) is 24.5 Å². The van der Waals surface area contributed by atoms with Crippen molar-refractivity contribution in [1.82, 2.24) is 24.5 Å². The van der Waals surface area contributed by atoms with Gasteiger partial charge in [0.2, 0.25) is 0 Å². The van der Waals surface area contributed by atoms with E-state index in [0.717, 1.165) is 55.1 Å². The van der Waals surface area contributed by atoms with Gasteiger partial charge < -0.3 is 4.57 Å². The van der Waals surface area contributed by atoms with Crippen LogP contribution < -0.4 is 0 Å².